The zero-order valence-corrected chi connectivity index (χ0v) is 25.4. The Balaban J connectivity index is -0.000000550. The molecule has 0 aliphatic carbocycles. The molecule has 2 fully saturated rings. The lowest BCUT2D eigenvalue weighted by Crippen LogP contribution is -2.32. The number of benzene rings is 2. The molecule has 16 heteroatoms. The number of hydrogen-bond donors (Lipinski definition) is 8. The molecule has 2 aliphatic rings. The van der Waals surface area contributed by atoms with E-state index in [0.717, 1.165) is 51.9 Å². The van der Waals surface area contributed by atoms with Gasteiger partial charge in [-0.1, -0.05) is 11.6 Å². The number of nitrogens with two attached hydrogens (primary N) is 1. The molecule has 242 valence electrons. The highest BCUT2D eigenvalue weighted by Gasteiger charge is 2.21. The number of anilines is 5. The van der Waals surface area contributed by atoms with Crippen molar-refractivity contribution < 1.29 is 20.7 Å². The zero-order valence-electron chi connectivity index (χ0n) is 23.9. The third-order valence-corrected chi connectivity index (χ3v) is 6.58. The smallest absolute Gasteiger partial charge is 0.259 e. The fourth-order valence-corrected chi connectivity index (χ4v) is 4.60. The molecule has 0 unspecified atom stereocenters. The van der Waals surface area contributed by atoms with Crippen LogP contribution in [0, 0.1) is 0 Å². The number of aromatic hydroxyl groups is 2. The number of nitrogens with one attached hydrogen (secondary N) is 2. The normalized spacial score (nSPS) is 13.6. The number of piperidine rings is 1. The van der Waals surface area contributed by atoms with Gasteiger partial charge in [-0.25, -0.2) is 0 Å². The summed E-state index contributed by atoms with van der Waals surface area (Å²) in [6.45, 7) is 3.67. The first-order valence-corrected chi connectivity index (χ1v) is 13.1. The van der Waals surface area contributed by atoms with Crippen molar-refractivity contribution >= 4 is 59.1 Å². The van der Waals surface area contributed by atoms with E-state index in [0.29, 0.717) is 28.6 Å². The molecular weight excluding hydrogens is 585 g/mol. The molecule has 1 amide bonds. The Morgan fingerprint density at radius 1 is 0.833 bits per heavy atom. The predicted octanol–water partition coefficient (Wildman–Crippen LogP) is 5.99. The Bertz CT molecular complexity index is 1290. The quantitative estimate of drug-likeness (QED) is 0.145. The summed E-state index contributed by atoms with van der Waals surface area (Å²) in [7, 11) is 1.50. The number of aromatic nitrogens is 3. The molecule has 42 heavy (non-hydrogen) atoms. The average molecular weight is 637 g/mol. The summed E-state index contributed by atoms with van der Waals surface area (Å²) in [4.78, 5) is 31.0. The second kappa shape index (κ2) is 18.0. The van der Waals surface area contributed by atoms with Crippen LogP contribution < -0.4 is 44.6 Å². The Morgan fingerprint density at radius 3 is 1.90 bits per heavy atom. The molecule has 0 spiro atoms. The molecular formula is C26H51Cl2N11O3. The summed E-state index contributed by atoms with van der Waals surface area (Å²) in [5, 5.41) is 26.6. The molecule has 0 atom stereocenters. The number of carbonyl (C=O) groups is 1. The van der Waals surface area contributed by atoms with Gasteiger partial charge in [-0.2, -0.15) is 15.0 Å². The topological polar surface area (TPSA) is 258 Å². The maximum absolute atomic E-state index is 12.5. The first-order chi connectivity index (χ1) is 18.5. The van der Waals surface area contributed by atoms with Crippen molar-refractivity contribution in [2.24, 2.45) is 5.73 Å². The number of halogens is 2. The van der Waals surface area contributed by atoms with E-state index in [1.165, 1.54) is 37.7 Å². The van der Waals surface area contributed by atoms with Gasteiger partial charge in [0.05, 0.1) is 11.3 Å². The van der Waals surface area contributed by atoms with Crippen molar-refractivity contribution in [1.29, 1.82) is 0 Å². The highest BCUT2D eigenvalue weighted by molar-refractivity contribution is 6.31. The number of nitrogens with zero attached hydrogens (tertiary/aromatic N) is 5. The Morgan fingerprint density at radius 2 is 1.38 bits per heavy atom. The van der Waals surface area contributed by atoms with Crippen LogP contribution in [0.1, 0.15) is 48.2 Å². The van der Waals surface area contributed by atoms with Crippen molar-refractivity contribution in [2.45, 2.75) is 32.1 Å². The van der Waals surface area contributed by atoms with Crippen LogP contribution in [0.5, 0.6) is 11.5 Å². The highest BCUT2D eigenvalue weighted by Crippen LogP contribution is 2.31. The van der Waals surface area contributed by atoms with E-state index < -0.39 is 5.91 Å². The van der Waals surface area contributed by atoms with Crippen molar-refractivity contribution in [3.05, 3.63) is 47.0 Å². The van der Waals surface area contributed by atoms with Crippen molar-refractivity contribution in [3.63, 3.8) is 0 Å². The van der Waals surface area contributed by atoms with Gasteiger partial charge in [0, 0.05) is 48.7 Å². The number of carbonyl (C=O) groups excluding carboxylic acids is 1. The fraction of sp³-hybridized carbons (Fsp3) is 0.385. The molecule has 1 aromatic heterocycles. The summed E-state index contributed by atoms with van der Waals surface area (Å²) in [6.07, 6.45) is 5.67. The average Bonchev–Trinajstić information content (AvgIpc) is 3.47. The first-order valence-electron chi connectivity index (χ1n) is 12.7. The molecule has 15 N–H and O–H groups in total. The lowest BCUT2D eigenvalue weighted by molar-refractivity contribution is 0.102. The largest absolute Gasteiger partial charge is 0.507 e. The second-order valence-electron chi connectivity index (χ2n) is 8.97. The van der Waals surface area contributed by atoms with Gasteiger partial charge in [0.25, 0.3) is 5.91 Å². The molecule has 14 nitrogen and oxygen atoms in total. The van der Waals surface area contributed by atoms with E-state index in [1.54, 1.807) is 12.1 Å². The molecule has 0 bridgehead atoms. The van der Waals surface area contributed by atoms with Gasteiger partial charge < -0.3 is 54.8 Å². The lowest BCUT2D eigenvalue weighted by atomic mass is 10.1. The SMILES string of the molecule is CN.Cl.N.N.N.O=C(Nc1ccc(Nc2nc(N3CCCCC3)nc(N3CCCC3)n2)cc1O)c1ccc(Cl)cc1O.[HH].[HH].[HH].[HH]. The molecule has 3 heterocycles. The van der Waals surface area contributed by atoms with Crippen LogP contribution in [0.25, 0.3) is 0 Å². The first kappa shape index (κ1) is 38.3. The minimum atomic E-state index is -0.570. The molecule has 2 aliphatic heterocycles. The summed E-state index contributed by atoms with van der Waals surface area (Å²) >= 11 is 5.83. The molecule has 0 radical (unpaired) electrons. The molecule has 5 rings (SSSR count). The Hall–Kier alpha value is -3.66. The Kier molecular flexibility index (Phi) is 16.4. The van der Waals surface area contributed by atoms with E-state index in [4.69, 9.17) is 16.6 Å². The fourth-order valence-electron chi connectivity index (χ4n) is 4.43. The van der Waals surface area contributed by atoms with Crippen molar-refractivity contribution in [2.75, 3.05) is 53.7 Å². The van der Waals surface area contributed by atoms with Gasteiger partial charge in [-0.15, -0.1) is 12.4 Å². The van der Waals surface area contributed by atoms with E-state index in [-0.39, 0.29) is 59.3 Å². The van der Waals surface area contributed by atoms with E-state index in [2.05, 4.69) is 36.1 Å². The number of rotatable bonds is 6. The zero-order chi connectivity index (χ0) is 27.1. The highest BCUT2D eigenvalue weighted by atomic mass is 35.5. The lowest BCUT2D eigenvalue weighted by Gasteiger charge is -2.27. The number of hydrogen-bond acceptors (Lipinski definition) is 13. The van der Waals surface area contributed by atoms with Crippen LogP contribution in [0.4, 0.5) is 29.2 Å². The minimum absolute atomic E-state index is 0. The van der Waals surface area contributed by atoms with Crippen LogP contribution in [-0.2, 0) is 0 Å². The Labute approximate surface area is 263 Å². The number of amides is 1. The monoisotopic (exact) mass is 635 g/mol. The van der Waals surface area contributed by atoms with Crippen LogP contribution in [0.2, 0.25) is 5.02 Å². The third-order valence-electron chi connectivity index (χ3n) is 6.35. The molecule has 3 aromatic rings. The maximum atomic E-state index is 12.5. The van der Waals surface area contributed by atoms with Crippen LogP contribution in [0.3, 0.4) is 0 Å². The van der Waals surface area contributed by atoms with Gasteiger partial charge in [0.15, 0.2) is 0 Å². The maximum Gasteiger partial charge on any atom is 0.259 e. The van der Waals surface area contributed by atoms with Gasteiger partial charge in [0.1, 0.15) is 11.5 Å². The van der Waals surface area contributed by atoms with Gasteiger partial charge in [0.2, 0.25) is 17.8 Å². The number of phenols is 2. The van der Waals surface area contributed by atoms with Gasteiger partial charge in [-0.3, -0.25) is 4.79 Å². The molecule has 2 aromatic carbocycles. The van der Waals surface area contributed by atoms with Crippen LogP contribution in [0.15, 0.2) is 36.4 Å². The van der Waals surface area contributed by atoms with Gasteiger partial charge in [-0.05, 0) is 69.5 Å². The van der Waals surface area contributed by atoms with Crippen molar-refractivity contribution in [3.8, 4) is 11.5 Å². The molecule has 2 saturated heterocycles. The van der Waals surface area contributed by atoms with Crippen molar-refractivity contribution in [1.82, 2.24) is 33.4 Å². The van der Waals surface area contributed by atoms with E-state index in [1.807, 2.05) is 0 Å². The van der Waals surface area contributed by atoms with Crippen LogP contribution >= 0.6 is 24.0 Å². The standard InChI is InChI=1S/C25H28ClN7O3.CH5N.ClH.3H3N.4H2/c26-16-6-8-18(20(34)14-16)22(36)28-19-9-7-17(15-21(19)35)27-23-29-24(32-10-2-1-3-11-32)31-25(30-23)33-12-4-5-13-33;1-2;;;;;;;;/h6-9,14-15,34-35H,1-5,10-13H2,(H,28,36)(H,27,29,30,31);2H2,1H3;1H;3*1H3;4*1H. The predicted molar refractivity (Wildman–Crippen MR) is 181 cm³/mol. The minimum Gasteiger partial charge on any atom is -0.507 e. The third kappa shape index (κ3) is 9.44. The number of phenolic OH excluding ortho intramolecular Hbond substituents is 2. The molecule has 0 saturated carbocycles. The van der Waals surface area contributed by atoms with E-state index in [9.17, 15) is 15.0 Å². The second-order valence-corrected chi connectivity index (χ2v) is 9.41. The summed E-state index contributed by atoms with van der Waals surface area (Å²) < 4.78 is 0. The summed E-state index contributed by atoms with van der Waals surface area (Å²) in [6, 6.07) is 8.96. The van der Waals surface area contributed by atoms with Crippen LogP contribution in [-0.4, -0.2) is 64.3 Å². The summed E-state index contributed by atoms with van der Waals surface area (Å²) in [5.74, 6) is 0.748. The summed E-state index contributed by atoms with van der Waals surface area (Å²) in [5.41, 5.74) is 5.30. The van der Waals surface area contributed by atoms with E-state index >= 15 is 0 Å². The van der Waals surface area contributed by atoms with Gasteiger partial charge >= 0.3 is 0 Å².